The summed E-state index contributed by atoms with van der Waals surface area (Å²) in [5, 5.41) is 7.79. The third kappa shape index (κ3) is 1.56. The Hall–Kier alpha value is -1.55. The number of benzene rings is 1. The summed E-state index contributed by atoms with van der Waals surface area (Å²) in [6.07, 6.45) is 3.14. The van der Waals surface area contributed by atoms with Crippen LogP contribution in [0.4, 0.5) is 5.69 Å². The number of anilines is 1. The lowest BCUT2D eigenvalue weighted by atomic mass is 10.2. The van der Waals surface area contributed by atoms with Gasteiger partial charge in [-0.2, -0.15) is 5.10 Å². The van der Waals surface area contributed by atoms with Crippen LogP contribution < -0.4 is 5.32 Å². The molecule has 1 heterocycles. The second-order valence-corrected chi connectivity index (χ2v) is 3.19. The molecule has 4 nitrogen and oxygen atoms in total. The van der Waals surface area contributed by atoms with Crippen molar-refractivity contribution >= 4 is 17.3 Å². The van der Waals surface area contributed by atoms with Crippen LogP contribution in [0.15, 0.2) is 30.9 Å². The minimum Gasteiger partial charge on any atom is -0.386 e. The van der Waals surface area contributed by atoms with E-state index in [0.29, 0.717) is 5.02 Å². The van der Waals surface area contributed by atoms with Gasteiger partial charge >= 0.3 is 0 Å². The summed E-state index contributed by atoms with van der Waals surface area (Å²) in [6, 6.07) is 5.56. The van der Waals surface area contributed by atoms with E-state index in [1.165, 1.54) is 6.33 Å². The average Bonchev–Trinajstić information content (AvgIpc) is 2.70. The van der Waals surface area contributed by atoms with Crippen LogP contribution in [0.3, 0.4) is 0 Å². The minimum atomic E-state index is 0.693. The maximum absolute atomic E-state index is 5.87. The predicted molar refractivity (Wildman–Crippen MR) is 55.9 cm³/mol. The van der Waals surface area contributed by atoms with Gasteiger partial charge in [0.15, 0.2) is 0 Å². The molecule has 1 N–H and O–H groups in total. The van der Waals surface area contributed by atoms with Gasteiger partial charge in [-0.3, -0.25) is 0 Å². The first kappa shape index (κ1) is 9.02. The third-order valence-electron chi connectivity index (χ3n) is 1.89. The quantitative estimate of drug-likeness (QED) is 0.821. The summed E-state index contributed by atoms with van der Waals surface area (Å²) in [7, 11) is 1.84. The lowest BCUT2D eigenvalue weighted by Crippen LogP contribution is -2.00. The van der Waals surface area contributed by atoms with E-state index in [1.807, 2.05) is 25.2 Å². The van der Waals surface area contributed by atoms with Gasteiger partial charge < -0.3 is 5.32 Å². The normalized spacial score (nSPS) is 10.1. The number of rotatable bonds is 2. The molecule has 1 aromatic heterocycles. The molecule has 0 saturated heterocycles. The van der Waals surface area contributed by atoms with Crippen molar-refractivity contribution in [2.45, 2.75) is 0 Å². The maximum Gasteiger partial charge on any atom is 0.138 e. The molecule has 0 aliphatic heterocycles. The average molecular weight is 209 g/mol. The van der Waals surface area contributed by atoms with Crippen molar-refractivity contribution in [3.63, 3.8) is 0 Å². The van der Waals surface area contributed by atoms with Crippen LogP contribution in [-0.2, 0) is 0 Å². The first-order chi connectivity index (χ1) is 6.81. The number of hydrogen-bond donors (Lipinski definition) is 1. The minimum absolute atomic E-state index is 0.693. The van der Waals surface area contributed by atoms with Crippen LogP contribution in [0.2, 0.25) is 5.02 Å². The Morgan fingerprint density at radius 1 is 1.43 bits per heavy atom. The molecule has 72 valence electrons. The number of nitrogens with one attached hydrogen (secondary N) is 1. The van der Waals surface area contributed by atoms with E-state index in [0.717, 1.165) is 11.4 Å². The predicted octanol–water partition coefficient (Wildman–Crippen LogP) is 1.96. The van der Waals surface area contributed by atoms with Gasteiger partial charge in [-0.25, -0.2) is 9.67 Å². The molecule has 0 bridgehead atoms. The summed E-state index contributed by atoms with van der Waals surface area (Å²) < 4.78 is 1.68. The lowest BCUT2D eigenvalue weighted by Gasteiger charge is -2.08. The fourth-order valence-electron chi connectivity index (χ4n) is 1.24. The summed E-state index contributed by atoms with van der Waals surface area (Å²) in [5.74, 6) is 0. The van der Waals surface area contributed by atoms with E-state index in [9.17, 15) is 0 Å². The van der Waals surface area contributed by atoms with Gasteiger partial charge in [0.05, 0.1) is 11.4 Å². The molecular formula is C9H9ClN4. The zero-order valence-electron chi connectivity index (χ0n) is 7.61. The van der Waals surface area contributed by atoms with Crippen molar-refractivity contribution in [3.05, 3.63) is 35.9 Å². The molecule has 2 aromatic rings. The number of hydrogen-bond acceptors (Lipinski definition) is 3. The Balaban J connectivity index is 2.53. The zero-order chi connectivity index (χ0) is 9.97. The Kier molecular flexibility index (Phi) is 2.37. The molecule has 0 atom stereocenters. The highest BCUT2D eigenvalue weighted by atomic mass is 35.5. The van der Waals surface area contributed by atoms with Crippen LogP contribution in [0, 0.1) is 0 Å². The highest BCUT2D eigenvalue weighted by Gasteiger charge is 2.03. The summed E-state index contributed by atoms with van der Waals surface area (Å²) in [4.78, 5) is 3.89. The SMILES string of the molecule is CNc1cc(Cl)ccc1-n1cncn1. The fourth-order valence-corrected chi connectivity index (χ4v) is 1.41. The maximum atomic E-state index is 5.87. The molecule has 5 heteroatoms. The van der Waals surface area contributed by atoms with E-state index in [-0.39, 0.29) is 0 Å². The second kappa shape index (κ2) is 3.67. The molecule has 0 aliphatic rings. The van der Waals surface area contributed by atoms with Crippen LogP contribution in [0.5, 0.6) is 0 Å². The van der Waals surface area contributed by atoms with Gasteiger partial charge in [0.2, 0.25) is 0 Å². The fraction of sp³-hybridized carbons (Fsp3) is 0.111. The molecule has 0 amide bonds. The van der Waals surface area contributed by atoms with E-state index < -0.39 is 0 Å². The molecule has 1 aromatic carbocycles. The largest absolute Gasteiger partial charge is 0.386 e. The molecule has 0 radical (unpaired) electrons. The van der Waals surface area contributed by atoms with Crippen LogP contribution in [-0.4, -0.2) is 21.8 Å². The molecule has 0 unspecified atom stereocenters. The second-order valence-electron chi connectivity index (χ2n) is 2.75. The Labute approximate surface area is 86.5 Å². The monoisotopic (exact) mass is 208 g/mol. The Morgan fingerprint density at radius 2 is 2.29 bits per heavy atom. The van der Waals surface area contributed by atoms with Crippen molar-refractivity contribution in [2.24, 2.45) is 0 Å². The van der Waals surface area contributed by atoms with E-state index in [4.69, 9.17) is 11.6 Å². The van der Waals surface area contributed by atoms with Crippen molar-refractivity contribution in [3.8, 4) is 5.69 Å². The number of halogens is 1. The van der Waals surface area contributed by atoms with Gasteiger partial charge in [-0.1, -0.05) is 11.6 Å². The summed E-state index contributed by atoms with van der Waals surface area (Å²) >= 11 is 5.87. The van der Waals surface area contributed by atoms with Crippen molar-refractivity contribution in [1.82, 2.24) is 14.8 Å². The molecule has 2 rings (SSSR count). The van der Waals surface area contributed by atoms with Gasteiger partial charge in [-0.05, 0) is 18.2 Å². The van der Waals surface area contributed by atoms with E-state index in [2.05, 4.69) is 15.4 Å². The van der Waals surface area contributed by atoms with Gasteiger partial charge in [0, 0.05) is 12.1 Å². The molecule has 0 saturated carbocycles. The Morgan fingerprint density at radius 3 is 2.93 bits per heavy atom. The van der Waals surface area contributed by atoms with Crippen molar-refractivity contribution in [2.75, 3.05) is 12.4 Å². The van der Waals surface area contributed by atoms with Crippen molar-refractivity contribution < 1.29 is 0 Å². The van der Waals surface area contributed by atoms with Gasteiger partial charge in [0.25, 0.3) is 0 Å². The molecule has 0 aliphatic carbocycles. The standard InChI is InChI=1S/C9H9ClN4/c1-11-8-4-7(10)2-3-9(8)14-6-12-5-13-14/h2-6,11H,1H3. The first-order valence-electron chi connectivity index (χ1n) is 4.13. The Bertz CT molecular complexity index is 424. The highest BCUT2D eigenvalue weighted by Crippen LogP contribution is 2.22. The number of aromatic nitrogens is 3. The first-order valence-corrected chi connectivity index (χ1v) is 4.51. The van der Waals surface area contributed by atoms with E-state index >= 15 is 0 Å². The summed E-state index contributed by atoms with van der Waals surface area (Å²) in [6.45, 7) is 0. The van der Waals surface area contributed by atoms with Gasteiger partial charge in [0.1, 0.15) is 12.7 Å². The zero-order valence-corrected chi connectivity index (χ0v) is 8.36. The topological polar surface area (TPSA) is 42.7 Å². The third-order valence-corrected chi connectivity index (χ3v) is 2.13. The van der Waals surface area contributed by atoms with E-state index in [1.54, 1.807) is 11.0 Å². The summed E-state index contributed by atoms with van der Waals surface area (Å²) in [5.41, 5.74) is 1.84. The molecule has 14 heavy (non-hydrogen) atoms. The molecule has 0 spiro atoms. The van der Waals surface area contributed by atoms with Crippen LogP contribution in [0.1, 0.15) is 0 Å². The highest BCUT2D eigenvalue weighted by molar-refractivity contribution is 6.31. The van der Waals surface area contributed by atoms with Crippen LogP contribution >= 0.6 is 11.6 Å². The van der Waals surface area contributed by atoms with Crippen molar-refractivity contribution in [1.29, 1.82) is 0 Å². The smallest absolute Gasteiger partial charge is 0.138 e. The molecular weight excluding hydrogens is 200 g/mol. The molecule has 0 fully saturated rings. The number of nitrogens with zero attached hydrogens (tertiary/aromatic N) is 3. The lowest BCUT2D eigenvalue weighted by molar-refractivity contribution is 0.880. The van der Waals surface area contributed by atoms with Gasteiger partial charge in [-0.15, -0.1) is 0 Å². The van der Waals surface area contributed by atoms with Crippen LogP contribution in [0.25, 0.3) is 5.69 Å².